The second-order valence-corrected chi connectivity index (χ2v) is 5.07. The zero-order valence-electron chi connectivity index (χ0n) is 10.9. The van der Waals surface area contributed by atoms with Crippen molar-refractivity contribution in [2.24, 2.45) is 5.73 Å². The van der Waals surface area contributed by atoms with Crippen molar-refractivity contribution in [3.05, 3.63) is 65.2 Å². The number of benzene rings is 2. The van der Waals surface area contributed by atoms with Crippen LogP contribution in [0, 0.1) is 11.6 Å². The van der Waals surface area contributed by atoms with Crippen molar-refractivity contribution in [1.82, 2.24) is 0 Å². The van der Waals surface area contributed by atoms with Crippen molar-refractivity contribution in [3.8, 4) is 5.75 Å². The molecule has 0 fully saturated rings. The molecule has 0 saturated carbocycles. The molecule has 0 bridgehead atoms. The Labute approximate surface area is 116 Å². The third kappa shape index (κ3) is 2.51. The van der Waals surface area contributed by atoms with Crippen molar-refractivity contribution in [2.45, 2.75) is 25.0 Å². The predicted molar refractivity (Wildman–Crippen MR) is 72.6 cm³/mol. The van der Waals surface area contributed by atoms with Gasteiger partial charge in [0.15, 0.2) is 0 Å². The molecule has 2 N–H and O–H groups in total. The van der Waals surface area contributed by atoms with Crippen LogP contribution in [0.15, 0.2) is 42.5 Å². The summed E-state index contributed by atoms with van der Waals surface area (Å²) in [5.41, 5.74) is 7.65. The van der Waals surface area contributed by atoms with E-state index in [1.165, 1.54) is 12.1 Å². The number of rotatable bonds is 3. The number of nitrogens with two attached hydrogens (primary N) is 1. The molecule has 2 unspecified atom stereocenters. The van der Waals surface area contributed by atoms with Gasteiger partial charge in [-0.2, -0.15) is 0 Å². The van der Waals surface area contributed by atoms with E-state index in [0.717, 1.165) is 23.8 Å². The quantitative estimate of drug-likeness (QED) is 0.935. The third-order valence-electron chi connectivity index (χ3n) is 3.62. The van der Waals surface area contributed by atoms with Gasteiger partial charge in [0.05, 0.1) is 0 Å². The van der Waals surface area contributed by atoms with Gasteiger partial charge < -0.3 is 10.5 Å². The van der Waals surface area contributed by atoms with Gasteiger partial charge >= 0.3 is 0 Å². The van der Waals surface area contributed by atoms with Crippen LogP contribution in [0.5, 0.6) is 5.75 Å². The molecular formula is C16H15F2NO. The molecule has 2 aromatic carbocycles. The average molecular weight is 275 g/mol. The van der Waals surface area contributed by atoms with Gasteiger partial charge in [0.1, 0.15) is 23.5 Å². The van der Waals surface area contributed by atoms with E-state index in [1.54, 1.807) is 0 Å². The molecular weight excluding hydrogens is 260 g/mol. The second-order valence-electron chi connectivity index (χ2n) is 5.07. The summed E-state index contributed by atoms with van der Waals surface area (Å²) in [6, 6.07) is 11.0. The summed E-state index contributed by atoms with van der Waals surface area (Å²) in [6.07, 6.45) is 0.877. The fourth-order valence-electron chi connectivity index (χ4n) is 2.52. The van der Waals surface area contributed by atoms with Crippen molar-refractivity contribution in [3.63, 3.8) is 0 Å². The Balaban J connectivity index is 1.70. The zero-order chi connectivity index (χ0) is 14.1. The largest absolute Gasteiger partial charge is 0.488 e. The van der Waals surface area contributed by atoms with Crippen molar-refractivity contribution in [1.29, 1.82) is 0 Å². The third-order valence-corrected chi connectivity index (χ3v) is 3.62. The molecule has 2 aromatic rings. The van der Waals surface area contributed by atoms with Gasteiger partial charge in [0.2, 0.25) is 0 Å². The van der Waals surface area contributed by atoms with Gasteiger partial charge in [-0.3, -0.25) is 0 Å². The lowest BCUT2D eigenvalue weighted by atomic mass is 9.98. The number of halogens is 2. The molecule has 4 heteroatoms. The first kappa shape index (κ1) is 13.1. The van der Waals surface area contributed by atoms with E-state index in [0.29, 0.717) is 12.0 Å². The molecule has 104 valence electrons. The van der Waals surface area contributed by atoms with Gasteiger partial charge in [-0.05, 0) is 29.7 Å². The zero-order valence-corrected chi connectivity index (χ0v) is 10.9. The van der Waals surface area contributed by atoms with Gasteiger partial charge in [-0.1, -0.05) is 24.3 Å². The van der Waals surface area contributed by atoms with Crippen LogP contribution in [0.4, 0.5) is 8.78 Å². The average Bonchev–Trinajstić information content (AvgIpc) is 2.86. The maximum absolute atomic E-state index is 13.6. The molecule has 0 aromatic heterocycles. The summed E-state index contributed by atoms with van der Waals surface area (Å²) in [5, 5.41) is 0. The van der Waals surface area contributed by atoms with Crippen LogP contribution < -0.4 is 10.5 Å². The van der Waals surface area contributed by atoms with E-state index in [1.807, 2.05) is 24.3 Å². The lowest BCUT2D eigenvalue weighted by molar-refractivity contribution is 0.197. The SMILES string of the molecule is NC(Cc1ccc(F)cc1F)C1Cc2ccccc2O1. The monoisotopic (exact) mass is 275 g/mol. The van der Waals surface area contributed by atoms with E-state index in [9.17, 15) is 8.78 Å². The maximum Gasteiger partial charge on any atom is 0.129 e. The van der Waals surface area contributed by atoms with Crippen molar-refractivity contribution >= 4 is 0 Å². The molecule has 2 atom stereocenters. The Hall–Kier alpha value is -1.94. The molecule has 20 heavy (non-hydrogen) atoms. The Kier molecular flexibility index (Phi) is 3.40. The molecule has 0 spiro atoms. The molecule has 1 aliphatic rings. The van der Waals surface area contributed by atoms with Crippen molar-refractivity contribution < 1.29 is 13.5 Å². The second kappa shape index (κ2) is 5.21. The molecule has 3 rings (SSSR count). The fourth-order valence-corrected chi connectivity index (χ4v) is 2.52. The van der Waals surface area contributed by atoms with E-state index < -0.39 is 11.6 Å². The first-order valence-electron chi connectivity index (χ1n) is 6.57. The van der Waals surface area contributed by atoms with Crippen molar-refractivity contribution in [2.75, 3.05) is 0 Å². The summed E-state index contributed by atoms with van der Waals surface area (Å²) in [7, 11) is 0. The van der Waals surface area contributed by atoms with Crippen LogP contribution in [0.3, 0.4) is 0 Å². The van der Waals surface area contributed by atoms with E-state index in [2.05, 4.69) is 0 Å². The fraction of sp³-hybridized carbons (Fsp3) is 0.250. The molecule has 0 aliphatic carbocycles. The number of ether oxygens (including phenoxy) is 1. The molecule has 1 heterocycles. The van der Waals surface area contributed by atoms with Gasteiger partial charge in [0, 0.05) is 18.5 Å². The number of fused-ring (bicyclic) bond motifs is 1. The smallest absolute Gasteiger partial charge is 0.129 e. The normalized spacial score (nSPS) is 18.4. The first-order chi connectivity index (χ1) is 9.63. The van der Waals surface area contributed by atoms with Gasteiger partial charge in [-0.15, -0.1) is 0 Å². The Bertz CT molecular complexity index is 605. The highest BCUT2D eigenvalue weighted by Crippen LogP contribution is 2.29. The molecule has 0 radical (unpaired) electrons. The van der Waals surface area contributed by atoms with Gasteiger partial charge in [0.25, 0.3) is 0 Å². The van der Waals surface area contributed by atoms with Crippen LogP contribution in [-0.2, 0) is 12.8 Å². The molecule has 0 amide bonds. The summed E-state index contributed by atoms with van der Waals surface area (Å²) >= 11 is 0. The highest BCUT2D eigenvalue weighted by atomic mass is 19.1. The van der Waals surface area contributed by atoms with E-state index >= 15 is 0 Å². The van der Waals surface area contributed by atoms with E-state index in [4.69, 9.17) is 10.5 Å². The lowest BCUT2D eigenvalue weighted by Crippen LogP contribution is -2.39. The van der Waals surface area contributed by atoms with Gasteiger partial charge in [-0.25, -0.2) is 8.78 Å². The maximum atomic E-state index is 13.6. The standard InChI is InChI=1S/C16H15F2NO/c17-12-6-5-10(13(18)9-12)7-14(19)16-8-11-3-1-2-4-15(11)20-16/h1-6,9,14,16H,7-8,19H2. The highest BCUT2D eigenvalue weighted by Gasteiger charge is 2.28. The number of hydrogen-bond donors (Lipinski definition) is 1. The first-order valence-corrected chi connectivity index (χ1v) is 6.57. The summed E-state index contributed by atoms with van der Waals surface area (Å²) in [6.45, 7) is 0. The molecule has 1 aliphatic heterocycles. The van der Waals surface area contributed by atoms with Crippen LogP contribution in [0.1, 0.15) is 11.1 Å². The lowest BCUT2D eigenvalue weighted by Gasteiger charge is -2.19. The predicted octanol–water partition coefficient (Wildman–Crippen LogP) is 2.84. The van der Waals surface area contributed by atoms with Crippen LogP contribution in [0.2, 0.25) is 0 Å². The number of hydrogen-bond acceptors (Lipinski definition) is 2. The topological polar surface area (TPSA) is 35.2 Å². The number of para-hydroxylation sites is 1. The Morgan fingerprint density at radius 1 is 1.20 bits per heavy atom. The van der Waals surface area contributed by atoms with Crippen LogP contribution >= 0.6 is 0 Å². The highest BCUT2D eigenvalue weighted by molar-refractivity contribution is 5.37. The minimum absolute atomic E-state index is 0.170. The summed E-state index contributed by atoms with van der Waals surface area (Å²) < 4.78 is 32.3. The molecule has 0 saturated heterocycles. The Morgan fingerprint density at radius 3 is 2.75 bits per heavy atom. The summed E-state index contributed by atoms with van der Waals surface area (Å²) in [5.74, 6) is -0.298. The van der Waals surface area contributed by atoms with Crippen LogP contribution in [0.25, 0.3) is 0 Å². The summed E-state index contributed by atoms with van der Waals surface area (Å²) in [4.78, 5) is 0. The minimum atomic E-state index is -0.579. The minimum Gasteiger partial charge on any atom is -0.488 e. The molecule has 2 nitrogen and oxygen atoms in total. The van der Waals surface area contributed by atoms with Crippen LogP contribution in [-0.4, -0.2) is 12.1 Å². The Morgan fingerprint density at radius 2 is 2.00 bits per heavy atom. The van der Waals surface area contributed by atoms with E-state index in [-0.39, 0.29) is 12.1 Å².